The number of hydrogen-bond donors (Lipinski definition) is 3. The molecular weight excluding hydrogens is 434 g/mol. The molecule has 6 nitrogen and oxygen atoms in total. The predicted molar refractivity (Wildman–Crippen MR) is 140 cm³/mol. The largest absolute Gasteiger partial charge is 0.492 e. The van der Waals surface area contributed by atoms with Gasteiger partial charge in [-0.25, -0.2) is 0 Å². The highest BCUT2D eigenvalue weighted by molar-refractivity contribution is 5.96. The number of anilines is 2. The Bertz CT molecular complexity index is 1470. The number of pyridine rings is 1. The van der Waals surface area contributed by atoms with E-state index in [1.807, 2.05) is 72.9 Å². The van der Waals surface area contributed by atoms with Crippen LogP contribution in [0.25, 0.3) is 22.0 Å². The summed E-state index contributed by atoms with van der Waals surface area (Å²) in [5, 5.41) is 14.3. The smallest absolute Gasteiger partial charge is 0.119 e. The monoisotopic (exact) mass is 459 g/mol. The molecule has 2 heterocycles. The van der Waals surface area contributed by atoms with E-state index >= 15 is 0 Å². The van der Waals surface area contributed by atoms with Crippen molar-refractivity contribution >= 4 is 22.3 Å². The number of nitrogens with zero attached hydrogens (tertiary/aromatic N) is 2. The molecule has 5 rings (SSSR count). The van der Waals surface area contributed by atoms with E-state index in [2.05, 4.69) is 33.5 Å². The van der Waals surface area contributed by atoms with Crippen molar-refractivity contribution in [2.24, 2.45) is 5.73 Å². The lowest BCUT2D eigenvalue weighted by Gasteiger charge is -2.16. The van der Waals surface area contributed by atoms with Crippen LogP contribution in [0.15, 0.2) is 97.5 Å². The summed E-state index contributed by atoms with van der Waals surface area (Å²) in [6.45, 7) is 0.424. The molecule has 1 atom stereocenters. The Morgan fingerprint density at radius 2 is 1.80 bits per heavy atom. The van der Waals surface area contributed by atoms with Crippen LogP contribution in [0.1, 0.15) is 11.1 Å². The number of aromatic nitrogens is 2. The Balaban J connectivity index is 1.34. The van der Waals surface area contributed by atoms with E-state index in [4.69, 9.17) is 10.5 Å². The number of H-pyrrole nitrogens is 1. The van der Waals surface area contributed by atoms with Crippen LogP contribution in [-0.4, -0.2) is 22.6 Å². The van der Waals surface area contributed by atoms with Gasteiger partial charge in [0.1, 0.15) is 18.4 Å². The van der Waals surface area contributed by atoms with E-state index in [0.29, 0.717) is 12.2 Å². The summed E-state index contributed by atoms with van der Waals surface area (Å²) in [6.07, 6.45) is 6.01. The SMILES string of the molecule is N#Cc1cncc(-c2ccc(OC[C@H](N)Cc3ccccc3)cc2)c1Nc1cccc2[nH]ccc12. The van der Waals surface area contributed by atoms with Crippen LogP contribution >= 0.6 is 0 Å². The summed E-state index contributed by atoms with van der Waals surface area (Å²) in [5.74, 6) is 0.744. The van der Waals surface area contributed by atoms with Crippen molar-refractivity contribution in [1.82, 2.24) is 9.97 Å². The van der Waals surface area contributed by atoms with Gasteiger partial charge in [0.25, 0.3) is 0 Å². The molecule has 0 saturated heterocycles. The Morgan fingerprint density at radius 1 is 0.971 bits per heavy atom. The van der Waals surface area contributed by atoms with Gasteiger partial charge < -0.3 is 20.8 Å². The predicted octanol–water partition coefficient (Wildman–Crippen LogP) is 5.79. The second-order valence-corrected chi connectivity index (χ2v) is 8.38. The first kappa shape index (κ1) is 22.2. The molecule has 35 heavy (non-hydrogen) atoms. The van der Waals surface area contributed by atoms with Crippen molar-refractivity contribution in [1.29, 1.82) is 5.26 Å². The van der Waals surface area contributed by atoms with Crippen LogP contribution in [0.3, 0.4) is 0 Å². The highest BCUT2D eigenvalue weighted by Gasteiger charge is 2.14. The molecule has 172 valence electrons. The van der Waals surface area contributed by atoms with Gasteiger partial charge in [-0.1, -0.05) is 48.5 Å². The molecule has 2 aromatic heterocycles. The third-order valence-corrected chi connectivity index (χ3v) is 5.89. The molecule has 3 aromatic carbocycles. The van der Waals surface area contributed by atoms with Crippen molar-refractivity contribution in [3.8, 4) is 22.9 Å². The summed E-state index contributed by atoms with van der Waals surface area (Å²) in [5.41, 5.74) is 12.4. The Hall–Kier alpha value is -4.60. The number of benzene rings is 3. The standard InChI is InChI=1S/C29H25N5O/c30-16-22-17-32-18-26(29(22)34-28-8-4-7-27-25(28)13-14-33-27)21-9-11-24(12-10-21)35-19-23(31)15-20-5-2-1-3-6-20/h1-14,17-18,23,33H,15,19,31H2,(H,32,34)/t23-/m1/s1. The quantitative estimate of drug-likeness (QED) is 0.273. The zero-order valence-electron chi connectivity index (χ0n) is 19.1. The summed E-state index contributed by atoms with van der Waals surface area (Å²) in [6, 6.07) is 28.1. The van der Waals surface area contributed by atoms with Gasteiger partial charge in [-0.05, 0) is 47.9 Å². The fraction of sp³-hybridized carbons (Fsp3) is 0.103. The summed E-state index contributed by atoms with van der Waals surface area (Å²) >= 11 is 0. The first-order chi connectivity index (χ1) is 17.2. The minimum Gasteiger partial charge on any atom is -0.492 e. The summed E-state index contributed by atoms with van der Waals surface area (Å²) in [7, 11) is 0. The Kier molecular flexibility index (Phi) is 6.42. The van der Waals surface area contributed by atoms with Crippen LogP contribution in [-0.2, 0) is 6.42 Å². The van der Waals surface area contributed by atoms with Gasteiger partial charge in [-0.3, -0.25) is 4.98 Å². The molecule has 0 spiro atoms. The van der Waals surface area contributed by atoms with E-state index in [1.165, 1.54) is 5.56 Å². The molecule has 0 amide bonds. The number of hydrogen-bond acceptors (Lipinski definition) is 5. The lowest BCUT2D eigenvalue weighted by molar-refractivity contribution is 0.287. The lowest BCUT2D eigenvalue weighted by Crippen LogP contribution is -2.30. The molecule has 5 aromatic rings. The first-order valence-corrected chi connectivity index (χ1v) is 11.5. The lowest BCUT2D eigenvalue weighted by atomic mass is 10.0. The second-order valence-electron chi connectivity index (χ2n) is 8.38. The second kappa shape index (κ2) is 10.1. The number of ether oxygens (including phenoxy) is 1. The van der Waals surface area contributed by atoms with Crippen molar-refractivity contribution < 1.29 is 4.74 Å². The van der Waals surface area contributed by atoms with Gasteiger partial charge in [0.15, 0.2) is 0 Å². The topological polar surface area (TPSA) is 99.8 Å². The Labute approximate surface area is 204 Å². The number of nitriles is 1. The van der Waals surface area contributed by atoms with Crippen molar-refractivity contribution in [2.75, 3.05) is 11.9 Å². The van der Waals surface area contributed by atoms with Crippen molar-refractivity contribution in [3.63, 3.8) is 0 Å². The molecular formula is C29H25N5O. The average molecular weight is 460 g/mol. The number of fused-ring (bicyclic) bond motifs is 1. The molecule has 0 aliphatic heterocycles. The Morgan fingerprint density at radius 3 is 2.60 bits per heavy atom. The maximum Gasteiger partial charge on any atom is 0.119 e. The molecule has 4 N–H and O–H groups in total. The molecule has 0 aliphatic rings. The van der Waals surface area contributed by atoms with Gasteiger partial charge >= 0.3 is 0 Å². The molecule has 6 heteroatoms. The molecule has 0 aliphatic carbocycles. The number of nitrogens with one attached hydrogen (secondary N) is 2. The van der Waals surface area contributed by atoms with E-state index in [9.17, 15) is 5.26 Å². The maximum absolute atomic E-state index is 9.74. The zero-order chi connectivity index (χ0) is 24.0. The van der Waals surface area contributed by atoms with Gasteiger partial charge in [-0.15, -0.1) is 0 Å². The number of aromatic amines is 1. The summed E-state index contributed by atoms with van der Waals surface area (Å²) in [4.78, 5) is 7.51. The van der Waals surface area contributed by atoms with Crippen LogP contribution in [0.5, 0.6) is 5.75 Å². The fourth-order valence-corrected chi connectivity index (χ4v) is 4.14. The van der Waals surface area contributed by atoms with E-state index < -0.39 is 0 Å². The average Bonchev–Trinajstić information content (AvgIpc) is 3.39. The third kappa shape index (κ3) is 5.01. The highest BCUT2D eigenvalue weighted by atomic mass is 16.5. The van der Waals surface area contributed by atoms with Gasteiger partial charge in [-0.2, -0.15) is 5.26 Å². The summed E-state index contributed by atoms with van der Waals surface area (Å²) < 4.78 is 5.93. The first-order valence-electron chi connectivity index (χ1n) is 11.5. The van der Waals surface area contributed by atoms with E-state index in [1.54, 1.807) is 12.4 Å². The van der Waals surface area contributed by atoms with Crippen molar-refractivity contribution in [2.45, 2.75) is 12.5 Å². The maximum atomic E-state index is 9.74. The molecule has 0 fully saturated rings. The minimum atomic E-state index is -0.0967. The normalized spacial score (nSPS) is 11.7. The molecule has 0 radical (unpaired) electrons. The van der Waals surface area contributed by atoms with Gasteiger partial charge in [0.05, 0.1) is 11.3 Å². The number of nitrogens with two attached hydrogens (primary N) is 1. The van der Waals surface area contributed by atoms with Crippen LogP contribution in [0.2, 0.25) is 0 Å². The molecule has 0 unspecified atom stereocenters. The van der Waals surface area contributed by atoms with Crippen LogP contribution in [0, 0.1) is 11.3 Å². The zero-order valence-corrected chi connectivity index (χ0v) is 19.1. The minimum absolute atomic E-state index is 0.0967. The molecule has 0 bridgehead atoms. The van der Waals surface area contributed by atoms with Gasteiger partial charge in [0.2, 0.25) is 0 Å². The van der Waals surface area contributed by atoms with Crippen molar-refractivity contribution in [3.05, 3.63) is 109 Å². The van der Waals surface area contributed by atoms with Crippen LogP contribution < -0.4 is 15.8 Å². The fourth-order valence-electron chi connectivity index (χ4n) is 4.14. The highest BCUT2D eigenvalue weighted by Crippen LogP contribution is 2.35. The molecule has 0 saturated carbocycles. The third-order valence-electron chi connectivity index (χ3n) is 5.89. The van der Waals surface area contributed by atoms with E-state index in [0.717, 1.165) is 45.6 Å². The number of rotatable bonds is 8. The van der Waals surface area contributed by atoms with Crippen LogP contribution in [0.4, 0.5) is 11.4 Å². The van der Waals surface area contributed by atoms with E-state index in [-0.39, 0.29) is 6.04 Å². The van der Waals surface area contributed by atoms with Gasteiger partial charge in [0, 0.05) is 46.8 Å².